The van der Waals surface area contributed by atoms with Crippen molar-refractivity contribution in [3.8, 4) is 5.75 Å². The number of H-pyrrole nitrogens is 1. The van der Waals surface area contributed by atoms with Crippen LogP contribution in [0.3, 0.4) is 0 Å². The number of ether oxygens (including phenoxy) is 1. The second kappa shape index (κ2) is 3.89. The van der Waals surface area contributed by atoms with Gasteiger partial charge in [-0.25, -0.2) is 9.18 Å². The predicted molar refractivity (Wildman–Crippen MR) is 58.0 cm³/mol. The highest BCUT2D eigenvalue weighted by molar-refractivity contribution is 5.93. The fourth-order valence-electron chi connectivity index (χ4n) is 1.60. The summed E-state index contributed by atoms with van der Waals surface area (Å²) in [7, 11) is 1.27. The quantitative estimate of drug-likeness (QED) is 0.826. The molecule has 1 heterocycles. The molecule has 2 rings (SSSR count). The largest absolute Gasteiger partial charge is 0.492 e. The number of pyridine rings is 1. The lowest BCUT2D eigenvalue weighted by molar-refractivity contribution is 0.0695. The van der Waals surface area contributed by atoms with Crippen molar-refractivity contribution in [3.05, 3.63) is 39.9 Å². The van der Waals surface area contributed by atoms with Crippen LogP contribution in [-0.2, 0) is 0 Å². The van der Waals surface area contributed by atoms with Crippen molar-refractivity contribution >= 4 is 16.9 Å². The third kappa shape index (κ3) is 1.63. The number of halogens is 1. The second-order valence-electron chi connectivity index (χ2n) is 3.34. The third-order valence-electron chi connectivity index (χ3n) is 2.39. The van der Waals surface area contributed by atoms with E-state index < -0.39 is 22.8 Å². The van der Waals surface area contributed by atoms with Gasteiger partial charge in [0.25, 0.3) is 0 Å². The van der Waals surface area contributed by atoms with Crippen molar-refractivity contribution in [2.24, 2.45) is 0 Å². The van der Waals surface area contributed by atoms with Gasteiger partial charge in [0, 0.05) is 6.20 Å². The van der Waals surface area contributed by atoms with Crippen molar-refractivity contribution in [1.29, 1.82) is 0 Å². The number of carboxylic acid groups (broad SMARTS) is 1. The first-order chi connectivity index (χ1) is 8.06. The maximum atomic E-state index is 13.3. The Morgan fingerprint density at radius 3 is 2.76 bits per heavy atom. The first kappa shape index (κ1) is 11.1. The lowest BCUT2D eigenvalue weighted by atomic mass is 10.1. The maximum Gasteiger partial charge on any atom is 0.341 e. The number of aromatic nitrogens is 1. The van der Waals surface area contributed by atoms with Gasteiger partial charge in [0.2, 0.25) is 5.43 Å². The summed E-state index contributed by atoms with van der Waals surface area (Å²) in [4.78, 5) is 25.1. The SMILES string of the molecule is COc1c(F)ccc2c(=O)c(C(=O)O)c[nH]c12. The molecular formula is C11H8FNO4. The molecule has 0 saturated heterocycles. The molecule has 88 valence electrons. The first-order valence-electron chi connectivity index (χ1n) is 4.67. The van der Waals surface area contributed by atoms with E-state index >= 15 is 0 Å². The van der Waals surface area contributed by atoms with Gasteiger partial charge in [0.05, 0.1) is 18.0 Å². The van der Waals surface area contributed by atoms with Gasteiger partial charge in [-0.3, -0.25) is 4.79 Å². The molecule has 0 bridgehead atoms. The average molecular weight is 237 g/mol. The van der Waals surface area contributed by atoms with Crippen LogP contribution in [-0.4, -0.2) is 23.2 Å². The second-order valence-corrected chi connectivity index (χ2v) is 3.34. The highest BCUT2D eigenvalue weighted by Gasteiger charge is 2.15. The van der Waals surface area contributed by atoms with Crippen LogP contribution >= 0.6 is 0 Å². The number of aromatic carboxylic acids is 1. The lowest BCUT2D eigenvalue weighted by Crippen LogP contribution is -2.15. The van der Waals surface area contributed by atoms with Gasteiger partial charge in [0.1, 0.15) is 5.56 Å². The fraction of sp³-hybridized carbons (Fsp3) is 0.0909. The Balaban J connectivity index is 2.90. The van der Waals surface area contributed by atoms with Crippen LogP contribution in [0.4, 0.5) is 4.39 Å². The molecule has 1 aromatic heterocycles. The van der Waals surface area contributed by atoms with Gasteiger partial charge in [-0.15, -0.1) is 0 Å². The van der Waals surface area contributed by atoms with Crippen molar-refractivity contribution in [2.75, 3.05) is 7.11 Å². The first-order valence-corrected chi connectivity index (χ1v) is 4.67. The molecule has 0 saturated carbocycles. The van der Waals surface area contributed by atoms with E-state index in [-0.39, 0.29) is 16.7 Å². The van der Waals surface area contributed by atoms with Gasteiger partial charge in [-0.1, -0.05) is 0 Å². The molecule has 2 aromatic rings. The number of aromatic amines is 1. The predicted octanol–water partition coefficient (Wildman–Crippen LogP) is 1.37. The molecular weight excluding hydrogens is 229 g/mol. The van der Waals surface area contributed by atoms with E-state index in [4.69, 9.17) is 9.84 Å². The van der Waals surface area contributed by atoms with Crippen LogP contribution in [0.25, 0.3) is 10.9 Å². The highest BCUT2D eigenvalue weighted by atomic mass is 19.1. The van der Waals surface area contributed by atoms with Crippen LogP contribution in [0, 0.1) is 5.82 Å². The van der Waals surface area contributed by atoms with Crippen LogP contribution in [0.15, 0.2) is 23.1 Å². The topological polar surface area (TPSA) is 79.4 Å². The molecule has 6 heteroatoms. The Bertz CT molecular complexity index is 662. The van der Waals surface area contributed by atoms with Gasteiger partial charge >= 0.3 is 5.97 Å². The fourth-order valence-corrected chi connectivity index (χ4v) is 1.60. The molecule has 0 atom stereocenters. The molecule has 0 spiro atoms. The highest BCUT2D eigenvalue weighted by Crippen LogP contribution is 2.24. The Hall–Kier alpha value is -2.37. The molecule has 0 aliphatic rings. The van der Waals surface area contributed by atoms with Crippen molar-refractivity contribution < 1.29 is 19.0 Å². The summed E-state index contributed by atoms with van der Waals surface area (Å²) < 4.78 is 18.2. The Labute approximate surface area is 94.5 Å². The Kier molecular flexibility index (Phi) is 2.55. The number of nitrogens with one attached hydrogen (secondary N) is 1. The van der Waals surface area contributed by atoms with Crippen LogP contribution in [0.5, 0.6) is 5.75 Å². The number of benzene rings is 1. The number of hydrogen-bond acceptors (Lipinski definition) is 3. The minimum Gasteiger partial charge on any atom is -0.492 e. The summed E-state index contributed by atoms with van der Waals surface area (Å²) in [6.07, 6.45) is 1.02. The van der Waals surface area contributed by atoms with Gasteiger partial charge < -0.3 is 14.8 Å². The number of rotatable bonds is 2. The third-order valence-corrected chi connectivity index (χ3v) is 2.39. The number of fused-ring (bicyclic) bond motifs is 1. The molecule has 0 fully saturated rings. The van der Waals surface area contributed by atoms with Crippen LogP contribution < -0.4 is 10.2 Å². The number of carboxylic acids is 1. The molecule has 0 radical (unpaired) electrons. The molecule has 2 N–H and O–H groups in total. The molecule has 5 nitrogen and oxygen atoms in total. The van der Waals surface area contributed by atoms with Gasteiger partial charge in [0.15, 0.2) is 11.6 Å². The molecule has 1 aromatic carbocycles. The van der Waals surface area contributed by atoms with Gasteiger partial charge in [-0.2, -0.15) is 0 Å². The van der Waals surface area contributed by atoms with Gasteiger partial charge in [-0.05, 0) is 12.1 Å². The normalized spacial score (nSPS) is 10.5. The summed E-state index contributed by atoms with van der Waals surface area (Å²) in [5.74, 6) is -2.08. The van der Waals surface area contributed by atoms with E-state index in [1.165, 1.54) is 13.2 Å². The summed E-state index contributed by atoms with van der Waals surface area (Å²) in [6.45, 7) is 0. The van der Waals surface area contributed by atoms with Crippen molar-refractivity contribution in [3.63, 3.8) is 0 Å². The monoisotopic (exact) mass is 237 g/mol. The van der Waals surface area contributed by atoms with E-state index in [0.29, 0.717) is 0 Å². The minimum absolute atomic E-state index is 0.0724. The number of hydrogen-bond donors (Lipinski definition) is 2. The molecule has 0 aliphatic carbocycles. The molecule has 0 aliphatic heterocycles. The lowest BCUT2D eigenvalue weighted by Gasteiger charge is -2.06. The van der Waals surface area contributed by atoms with E-state index in [2.05, 4.69) is 4.98 Å². The zero-order chi connectivity index (χ0) is 12.6. The van der Waals surface area contributed by atoms with E-state index in [9.17, 15) is 14.0 Å². The standard InChI is InChI=1S/C11H8FNO4/c1-17-10-7(12)3-2-5-8(10)13-4-6(9(5)14)11(15)16/h2-4H,1H3,(H,13,14)(H,15,16). The van der Waals surface area contributed by atoms with E-state index in [0.717, 1.165) is 12.3 Å². The molecule has 0 unspecified atom stereocenters. The average Bonchev–Trinajstić information content (AvgIpc) is 2.28. The summed E-state index contributed by atoms with van der Waals surface area (Å²) in [5, 5.41) is 8.85. The Morgan fingerprint density at radius 2 is 2.18 bits per heavy atom. The molecule has 17 heavy (non-hydrogen) atoms. The van der Waals surface area contributed by atoms with Crippen molar-refractivity contribution in [2.45, 2.75) is 0 Å². The summed E-state index contributed by atoms with van der Waals surface area (Å²) in [6, 6.07) is 2.28. The van der Waals surface area contributed by atoms with Crippen LogP contribution in [0.1, 0.15) is 10.4 Å². The van der Waals surface area contributed by atoms with Crippen LogP contribution in [0.2, 0.25) is 0 Å². The Morgan fingerprint density at radius 1 is 1.47 bits per heavy atom. The zero-order valence-corrected chi connectivity index (χ0v) is 8.78. The minimum atomic E-state index is -1.34. The smallest absolute Gasteiger partial charge is 0.341 e. The maximum absolute atomic E-state index is 13.3. The van der Waals surface area contributed by atoms with E-state index in [1.807, 2.05) is 0 Å². The number of methoxy groups -OCH3 is 1. The van der Waals surface area contributed by atoms with Crippen molar-refractivity contribution in [1.82, 2.24) is 4.98 Å². The van der Waals surface area contributed by atoms with E-state index in [1.54, 1.807) is 0 Å². The summed E-state index contributed by atoms with van der Waals surface area (Å²) in [5.41, 5.74) is -0.932. The zero-order valence-electron chi connectivity index (χ0n) is 8.78. The molecule has 0 amide bonds. The summed E-state index contributed by atoms with van der Waals surface area (Å²) >= 11 is 0. The number of carbonyl (C=O) groups is 1.